The number of aliphatic carboxylic acids is 1. The summed E-state index contributed by atoms with van der Waals surface area (Å²) in [5.41, 5.74) is 0.308. The number of hydrogen-bond donors (Lipinski definition) is 1. The van der Waals surface area contributed by atoms with Gasteiger partial charge in [-0.25, -0.2) is 0 Å². The molecule has 3 heteroatoms. The first-order chi connectivity index (χ1) is 5.99. The van der Waals surface area contributed by atoms with Crippen LogP contribution in [0.2, 0.25) is 0 Å². The van der Waals surface area contributed by atoms with E-state index in [2.05, 4.69) is 0 Å². The molecule has 1 aliphatic carbocycles. The molecule has 1 saturated carbocycles. The van der Waals surface area contributed by atoms with E-state index in [4.69, 9.17) is 16.7 Å². The summed E-state index contributed by atoms with van der Waals surface area (Å²) >= 11 is 5.64. The first-order valence-corrected chi connectivity index (χ1v) is 4.61. The van der Waals surface area contributed by atoms with Crippen molar-refractivity contribution in [3.63, 3.8) is 0 Å². The Bertz CT molecular complexity index is 281. The summed E-state index contributed by atoms with van der Waals surface area (Å²) in [5, 5.41) is 9.61. The van der Waals surface area contributed by atoms with Crippen LogP contribution in [0.4, 0.5) is 0 Å². The van der Waals surface area contributed by atoms with E-state index in [1.165, 1.54) is 0 Å². The van der Waals surface area contributed by atoms with Gasteiger partial charge in [-0.2, -0.15) is 0 Å². The van der Waals surface area contributed by atoms with Crippen LogP contribution in [0.25, 0.3) is 0 Å². The van der Waals surface area contributed by atoms with Crippen molar-refractivity contribution in [3.05, 3.63) is 22.8 Å². The third kappa shape index (κ3) is 2.13. The molecule has 0 saturated heterocycles. The highest BCUT2D eigenvalue weighted by atomic mass is 35.5. The van der Waals surface area contributed by atoms with Crippen molar-refractivity contribution in [1.82, 2.24) is 0 Å². The Morgan fingerprint density at radius 1 is 1.38 bits per heavy atom. The molecule has 0 aliphatic heterocycles. The highest BCUT2D eigenvalue weighted by Gasteiger charge is 2.51. The maximum Gasteiger partial charge on any atom is 0.313 e. The highest BCUT2D eigenvalue weighted by Crippen LogP contribution is 2.51. The third-order valence-electron chi connectivity index (χ3n) is 2.48. The van der Waals surface area contributed by atoms with Crippen LogP contribution in [0, 0.1) is 5.41 Å². The van der Waals surface area contributed by atoms with Gasteiger partial charge in [0.25, 0.3) is 0 Å². The SMILES string of the molecule is C/C(Cl)=C\C=C(/C)C1(C(=O)O)CC1. The fourth-order valence-electron chi connectivity index (χ4n) is 1.30. The normalized spacial score (nSPS) is 21.5. The van der Waals surface area contributed by atoms with Gasteiger partial charge >= 0.3 is 5.97 Å². The Hall–Kier alpha value is -0.760. The molecule has 0 heterocycles. The zero-order valence-electron chi connectivity index (χ0n) is 7.80. The lowest BCUT2D eigenvalue weighted by Crippen LogP contribution is -2.15. The van der Waals surface area contributed by atoms with Gasteiger partial charge in [0.05, 0.1) is 5.41 Å². The van der Waals surface area contributed by atoms with E-state index in [1.54, 1.807) is 19.1 Å². The predicted octanol–water partition coefficient (Wildman–Crippen LogP) is 2.94. The van der Waals surface area contributed by atoms with E-state index >= 15 is 0 Å². The Labute approximate surface area is 82.9 Å². The van der Waals surface area contributed by atoms with Gasteiger partial charge < -0.3 is 5.11 Å². The molecule has 0 atom stereocenters. The van der Waals surface area contributed by atoms with Gasteiger partial charge in [0.15, 0.2) is 0 Å². The molecule has 0 aromatic carbocycles. The van der Waals surface area contributed by atoms with Crippen LogP contribution >= 0.6 is 11.6 Å². The second-order valence-electron chi connectivity index (χ2n) is 3.49. The Kier molecular flexibility index (Phi) is 2.81. The van der Waals surface area contributed by atoms with Crippen LogP contribution in [0.1, 0.15) is 26.7 Å². The second kappa shape index (κ2) is 3.54. The van der Waals surface area contributed by atoms with Crippen molar-refractivity contribution in [2.24, 2.45) is 5.41 Å². The molecule has 0 spiro atoms. The second-order valence-corrected chi connectivity index (χ2v) is 4.09. The molecule has 0 radical (unpaired) electrons. The van der Waals surface area contributed by atoms with Gasteiger partial charge in [0, 0.05) is 5.03 Å². The van der Waals surface area contributed by atoms with E-state index in [-0.39, 0.29) is 0 Å². The quantitative estimate of drug-likeness (QED) is 0.712. The van der Waals surface area contributed by atoms with Crippen LogP contribution < -0.4 is 0 Å². The lowest BCUT2D eigenvalue weighted by Gasteiger charge is -2.08. The maximum absolute atomic E-state index is 10.9. The largest absolute Gasteiger partial charge is 0.481 e. The molecule has 1 fully saturated rings. The molecule has 0 bridgehead atoms. The van der Waals surface area contributed by atoms with E-state index in [0.717, 1.165) is 18.4 Å². The molecule has 1 rings (SSSR count). The van der Waals surface area contributed by atoms with E-state index in [0.29, 0.717) is 5.03 Å². The monoisotopic (exact) mass is 200 g/mol. The summed E-state index contributed by atoms with van der Waals surface area (Å²) < 4.78 is 0. The van der Waals surface area contributed by atoms with Crippen molar-refractivity contribution in [1.29, 1.82) is 0 Å². The molecular formula is C10H13ClO2. The first-order valence-electron chi connectivity index (χ1n) is 4.23. The molecule has 1 N–H and O–H groups in total. The van der Waals surface area contributed by atoms with Crippen LogP contribution in [0.3, 0.4) is 0 Å². The van der Waals surface area contributed by atoms with E-state index < -0.39 is 11.4 Å². The zero-order valence-corrected chi connectivity index (χ0v) is 8.56. The third-order valence-corrected chi connectivity index (χ3v) is 2.60. The summed E-state index contributed by atoms with van der Waals surface area (Å²) in [6, 6.07) is 0. The van der Waals surface area contributed by atoms with E-state index in [1.807, 2.05) is 6.92 Å². The number of halogens is 1. The van der Waals surface area contributed by atoms with Crippen molar-refractivity contribution in [2.45, 2.75) is 26.7 Å². The van der Waals surface area contributed by atoms with Gasteiger partial charge in [-0.1, -0.05) is 23.3 Å². The van der Waals surface area contributed by atoms with Crippen molar-refractivity contribution in [2.75, 3.05) is 0 Å². The minimum Gasteiger partial charge on any atom is -0.481 e. The topological polar surface area (TPSA) is 37.3 Å². The van der Waals surface area contributed by atoms with E-state index in [9.17, 15) is 4.79 Å². The minimum atomic E-state index is -0.720. The van der Waals surface area contributed by atoms with Gasteiger partial charge in [-0.3, -0.25) is 4.79 Å². The molecular weight excluding hydrogens is 188 g/mol. The smallest absolute Gasteiger partial charge is 0.313 e. The van der Waals surface area contributed by atoms with Crippen LogP contribution in [-0.4, -0.2) is 11.1 Å². The summed E-state index contributed by atoms with van der Waals surface area (Å²) in [4.78, 5) is 10.9. The lowest BCUT2D eigenvalue weighted by atomic mass is 9.97. The maximum atomic E-state index is 10.9. The van der Waals surface area contributed by atoms with Crippen LogP contribution in [0.5, 0.6) is 0 Å². The molecule has 0 amide bonds. The van der Waals surface area contributed by atoms with Gasteiger partial charge in [0.2, 0.25) is 0 Å². The standard InChI is InChI=1S/C10H13ClO2/c1-7(3-4-8(2)11)10(5-6-10)9(12)13/h3-4H,5-6H2,1-2H3,(H,12,13)/b7-3+,8-4+. The Morgan fingerprint density at radius 2 is 1.92 bits per heavy atom. The van der Waals surface area contributed by atoms with Crippen molar-refractivity contribution < 1.29 is 9.90 Å². The summed E-state index contributed by atoms with van der Waals surface area (Å²) in [7, 11) is 0. The summed E-state index contributed by atoms with van der Waals surface area (Å²) in [6.45, 7) is 3.61. The number of carbonyl (C=O) groups is 1. The van der Waals surface area contributed by atoms with Gasteiger partial charge in [-0.05, 0) is 32.8 Å². The molecule has 13 heavy (non-hydrogen) atoms. The summed E-state index contributed by atoms with van der Waals surface area (Å²) in [5.74, 6) is -0.720. The molecule has 1 aliphatic rings. The Morgan fingerprint density at radius 3 is 2.23 bits per heavy atom. The number of allylic oxidation sites excluding steroid dienone is 3. The average molecular weight is 201 g/mol. The lowest BCUT2D eigenvalue weighted by molar-refractivity contribution is -0.141. The highest BCUT2D eigenvalue weighted by molar-refractivity contribution is 6.29. The Balaban J connectivity index is 2.78. The number of rotatable bonds is 3. The van der Waals surface area contributed by atoms with Gasteiger partial charge in [0.1, 0.15) is 0 Å². The number of carboxylic acid groups (broad SMARTS) is 1. The molecule has 0 aromatic rings. The fourth-order valence-corrected chi connectivity index (χ4v) is 1.36. The molecule has 2 nitrogen and oxygen atoms in total. The fraction of sp³-hybridized carbons (Fsp3) is 0.500. The van der Waals surface area contributed by atoms with Crippen LogP contribution in [0.15, 0.2) is 22.8 Å². The first kappa shape index (κ1) is 10.3. The average Bonchev–Trinajstić information content (AvgIpc) is 2.79. The minimum absolute atomic E-state index is 0.581. The summed E-state index contributed by atoms with van der Waals surface area (Å²) in [6.07, 6.45) is 5.03. The molecule has 0 unspecified atom stereocenters. The number of carboxylic acids is 1. The molecule has 72 valence electrons. The van der Waals surface area contributed by atoms with Crippen molar-refractivity contribution >= 4 is 17.6 Å². The van der Waals surface area contributed by atoms with Gasteiger partial charge in [-0.15, -0.1) is 0 Å². The predicted molar refractivity (Wildman–Crippen MR) is 52.7 cm³/mol. The molecule has 0 aromatic heterocycles. The number of hydrogen-bond acceptors (Lipinski definition) is 1. The van der Waals surface area contributed by atoms with Crippen LogP contribution in [-0.2, 0) is 4.79 Å². The zero-order chi connectivity index (χ0) is 10.1. The van der Waals surface area contributed by atoms with Crippen molar-refractivity contribution in [3.8, 4) is 0 Å².